The lowest BCUT2D eigenvalue weighted by Gasteiger charge is -2.63. The number of fused-ring (bicyclic) bond motifs is 5. The van der Waals surface area contributed by atoms with E-state index in [9.17, 15) is 14.7 Å². The van der Waals surface area contributed by atoms with Crippen LogP contribution in [0.5, 0.6) is 0 Å². The lowest BCUT2D eigenvalue weighted by atomic mass is 9.43. The van der Waals surface area contributed by atoms with Gasteiger partial charge in [-0.3, -0.25) is 0 Å². The van der Waals surface area contributed by atoms with Crippen molar-refractivity contribution in [2.75, 3.05) is 13.1 Å². The Kier molecular flexibility index (Phi) is 6.46. The Bertz CT molecular complexity index is 1050. The first kappa shape index (κ1) is 25.4. The van der Waals surface area contributed by atoms with Crippen LogP contribution in [0.15, 0.2) is 27.6 Å². The number of nitrogens with one attached hydrogen (secondary N) is 3. The first-order valence-electron chi connectivity index (χ1n) is 14.8. The Morgan fingerprint density at radius 1 is 0.946 bits per heavy atom. The number of aliphatic hydroxyl groups is 1. The zero-order valence-electron chi connectivity index (χ0n) is 22.6. The fourth-order valence-corrected chi connectivity index (χ4v) is 9.84. The Labute approximate surface area is 220 Å². The van der Waals surface area contributed by atoms with E-state index in [1.807, 2.05) is 6.07 Å². The second kappa shape index (κ2) is 9.41. The molecule has 4 aliphatic carbocycles. The van der Waals surface area contributed by atoms with E-state index in [0.717, 1.165) is 89.3 Å². The standard InChI is InChI=1S/C30H45N3O4/c1-28-12-7-22(33-27(35)32-21-10-15-31-16-11-21)17-20(28)4-5-25-24(28)8-13-29(2)23(9-14-30(25,29)36)19-3-6-26(34)37-18-19/h3,6,18,20-25,31,36H,4-5,7-17H2,1-2H3,(H2,32,33,35)/t20-,22+,23-,24+,25-,28+,29-,30+/m1/s1. The van der Waals surface area contributed by atoms with Gasteiger partial charge in [-0.2, -0.15) is 0 Å². The molecule has 1 saturated heterocycles. The molecule has 6 rings (SSSR count). The largest absolute Gasteiger partial charge is 0.431 e. The van der Waals surface area contributed by atoms with Gasteiger partial charge in [-0.25, -0.2) is 9.59 Å². The van der Waals surface area contributed by atoms with Gasteiger partial charge in [-0.15, -0.1) is 0 Å². The molecule has 0 spiro atoms. The van der Waals surface area contributed by atoms with Crippen LogP contribution in [0.25, 0.3) is 0 Å². The number of urea groups is 1. The topological polar surface area (TPSA) is 104 Å². The van der Waals surface area contributed by atoms with Crippen LogP contribution in [0, 0.1) is 28.6 Å². The van der Waals surface area contributed by atoms with Crippen molar-refractivity contribution in [3.63, 3.8) is 0 Å². The fraction of sp³-hybridized carbons (Fsp3) is 0.800. The van der Waals surface area contributed by atoms with Crippen LogP contribution in [0.3, 0.4) is 0 Å². The molecular weight excluding hydrogens is 466 g/mol. The highest BCUT2D eigenvalue weighted by atomic mass is 16.4. The van der Waals surface area contributed by atoms with Gasteiger partial charge in [0.05, 0.1) is 11.9 Å². The summed E-state index contributed by atoms with van der Waals surface area (Å²) in [6.45, 7) is 6.74. The van der Waals surface area contributed by atoms with Crippen molar-refractivity contribution in [1.82, 2.24) is 16.0 Å². The molecule has 4 saturated carbocycles. The SMILES string of the molecule is C[C@]12CC[C@H](NC(=O)NC3CCNCC3)C[C@H]1CC[C@@H]1[C@@H]2CC[C@]2(C)[C@@H](c3ccc(=O)oc3)CC[C@]12O. The van der Waals surface area contributed by atoms with E-state index in [0.29, 0.717) is 17.8 Å². The summed E-state index contributed by atoms with van der Waals surface area (Å²) < 4.78 is 5.23. The molecule has 7 heteroatoms. The van der Waals surface area contributed by atoms with Gasteiger partial charge in [-0.05, 0) is 124 Å². The third-order valence-corrected chi connectivity index (χ3v) is 12.0. The number of hydrogen-bond donors (Lipinski definition) is 4. The Balaban J connectivity index is 1.14. The molecule has 1 aliphatic heterocycles. The quantitative estimate of drug-likeness (QED) is 0.485. The van der Waals surface area contributed by atoms with Gasteiger partial charge >= 0.3 is 11.7 Å². The van der Waals surface area contributed by atoms with Crippen molar-refractivity contribution in [2.45, 2.75) is 108 Å². The van der Waals surface area contributed by atoms with E-state index in [1.54, 1.807) is 6.26 Å². The Morgan fingerprint density at radius 3 is 2.49 bits per heavy atom. The summed E-state index contributed by atoms with van der Waals surface area (Å²) in [6, 6.07) is 3.97. The third-order valence-electron chi connectivity index (χ3n) is 12.0. The highest BCUT2D eigenvalue weighted by molar-refractivity contribution is 5.74. The normalized spacial score (nSPS) is 43.8. The van der Waals surface area contributed by atoms with E-state index in [2.05, 4.69) is 29.8 Å². The van der Waals surface area contributed by atoms with E-state index in [1.165, 1.54) is 6.07 Å². The predicted octanol–water partition coefficient (Wildman–Crippen LogP) is 4.30. The minimum Gasteiger partial charge on any atom is -0.431 e. The van der Waals surface area contributed by atoms with Gasteiger partial charge in [0.1, 0.15) is 0 Å². The lowest BCUT2D eigenvalue weighted by Crippen LogP contribution is -2.62. The minimum absolute atomic E-state index is 0.00526. The second-order valence-corrected chi connectivity index (χ2v) is 13.5. The second-order valence-electron chi connectivity index (χ2n) is 13.5. The molecule has 0 aromatic carbocycles. The van der Waals surface area contributed by atoms with Gasteiger partial charge in [-0.1, -0.05) is 13.8 Å². The minimum atomic E-state index is -0.672. The highest BCUT2D eigenvalue weighted by Crippen LogP contribution is 2.70. The van der Waals surface area contributed by atoms with Crippen molar-refractivity contribution >= 4 is 6.03 Å². The summed E-state index contributed by atoms with van der Waals surface area (Å²) in [5, 5.41) is 22.3. The Morgan fingerprint density at radius 2 is 1.73 bits per heavy atom. The van der Waals surface area contributed by atoms with E-state index < -0.39 is 5.60 Å². The van der Waals surface area contributed by atoms with Crippen molar-refractivity contribution in [3.8, 4) is 0 Å². The van der Waals surface area contributed by atoms with Crippen LogP contribution in [0.2, 0.25) is 0 Å². The van der Waals surface area contributed by atoms with Crippen LogP contribution < -0.4 is 21.6 Å². The number of hydrogen-bond acceptors (Lipinski definition) is 5. The smallest absolute Gasteiger partial charge is 0.335 e. The van der Waals surface area contributed by atoms with E-state index >= 15 is 0 Å². The van der Waals surface area contributed by atoms with Gasteiger partial charge in [0.25, 0.3) is 0 Å². The molecule has 204 valence electrons. The maximum atomic E-state index is 12.7. The monoisotopic (exact) mass is 511 g/mol. The number of carbonyl (C=O) groups excluding carboxylic acids is 1. The zero-order valence-corrected chi connectivity index (χ0v) is 22.6. The number of rotatable bonds is 3. The predicted molar refractivity (Wildman–Crippen MR) is 142 cm³/mol. The number of carbonyl (C=O) groups is 1. The van der Waals surface area contributed by atoms with Gasteiger partial charge < -0.3 is 25.5 Å². The number of amides is 2. The molecule has 1 aromatic heterocycles. The van der Waals surface area contributed by atoms with Gasteiger partial charge in [0.2, 0.25) is 0 Å². The molecule has 1 aromatic rings. The summed E-state index contributed by atoms with van der Waals surface area (Å²) in [4.78, 5) is 24.3. The van der Waals surface area contributed by atoms with E-state index in [-0.39, 0.29) is 40.5 Å². The van der Waals surface area contributed by atoms with Crippen LogP contribution in [0.4, 0.5) is 4.79 Å². The highest BCUT2D eigenvalue weighted by Gasteiger charge is 2.67. The molecule has 4 N–H and O–H groups in total. The van der Waals surface area contributed by atoms with Crippen LogP contribution >= 0.6 is 0 Å². The molecule has 0 bridgehead atoms. The first-order valence-corrected chi connectivity index (χ1v) is 14.8. The summed E-state index contributed by atoms with van der Waals surface area (Å²) in [5.41, 5.74) is 0.107. The molecule has 0 unspecified atom stereocenters. The molecule has 8 atom stereocenters. The molecule has 37 heavy (non-hydrogen) atoms. The van der Waals surface area contributed by atoms with Crippen LogP contribution in [-0.2, 0) is 0 Å². The third kappa shape index (κ3) is 4.15. The fourth-order valence-electron chi connectivity index (χ4n) is 9.84. The average Bonchev–Trinajstić information content (AvgIpc) is 3.16. The molecule has 2 heterocycles. The molecule has 2 amide bonds. The summed E-state index contributed by atoms with van der Waals surface area (Å²) in [5.74, 6) is 1.68. The van der Waals surface area contributed by atoms with Crippen molar-refractivity contribution in [2.24, 2.45) is 28.6 Å². The first-order chi connectivity index (χ1) is 17.7. The zero-order chi connectivity index (χ0) is 25.8. The lowest BCUT2D eigenvalue weighted by molar-refractivity contribution is -0.201. The van der Waals surface area contributed by atoms with Crippen molar-refractivity contribution < 1.29 is 14.3 Å². The summed E-state index contributed by atoms with van der Waals surface area (Å²) in [7, 11) is 0. The van der Waals surface area contributed by atoms with Gasteiger partial charge in [0, 0.05) is 23.6 Å². The maximum Gasteiger partial charge on any atom is 0.335 e. The van der Waals surface area contributed by atoms with Crippen molar-refractivity contribution in [3.05, 3.63) is 34.4 Å². The Hall–Kier alpha value is -1.86. The number of piperidine rings is 1. The van der Waals surface area contributed by atoms with Gasteiger partial charge in [0.15, 0.2) is 0 Å². The molecule has 0 radical (unpaired) electrons. The van der Waals surface area contributed by atoms with Crippen molar-refractivity contribution in [1.29, 1.82) is 0 Å². The molecule has 5 aliphatic rings. The molecule has 7 nitrogen and oxygen atoms in total. The van der Waals surface area contributed by atoms with Crippen LogP contribution in [-0.4, -0.2) is 41.9 Å². The summed E-state index contributed by atoms with van der Waals surface area (Å²) >= 11 is 0. The molecule has 5 fully saturated rings. The van der Waals surface area contributed by atoms with Crippen LogP contribution in [0.1, 0.15) is 96.0 Å². The average molecular weight is 512 g/mol. The maximum absolute atomic E-state index is 12.7. The summed E-state index contributed by atoms with van der Waals surface area (Å²) in [6.07, 6.45) is 13.0. The molecular formula is C30H45N3O4. The van der Waals surface area contributed by atoms with E-state index in [4.69, 9.17) is 4.42 Å².